The van der Waals surface area contributed by atoms with E-state index in [4.69, 9.17) is 14.2 Å². The zero-order valence-corrected chi connectivity index (χ0v) is 12.9. The van der Waals surface area contributed by atoms with Gasteiger partial charge >= 0.3 is 0 Å². The van der Waals surface area contributed by atoms with Crippen molar-refractivity contribution in [3.8, 4) is 0 Å². The van der Waals surface area contributed by atoms with Crippen molar-refractivity contribution >= 4 is 5.91 Å². The zero-order chi connectivity index (χ0) is 14.9. The lowest BCUT2D eigenvalue weighted by Crippen LogP contribution is -2.31. The van der Waals surface area contributed by atoms with E-state index in [1.54, 1.807) is 0 Å². The molecule has 0 aromatic rings. The number of rotatable bonds is 15. The van der Waals surface area contributed by atoms with E-state index < -0.39 is 0 Å². The first-order valence-corrected chi connectivity index (χ1v) is 7.45. The molecule has 0 spiro atoms. The molecule has 0 radical (unpaired) electrons. The Morgan fingerprint density at radius 3 is 2.05 bits per heavy atom. The highest BCUT2D eigenvalue weighted by atomic mass is 16.5. The first-order chi connectivity index (χ1) is 9.77. The van der Waals surface area contributed by atoms with Gasteiger partial charge in [0.05, 0.1) is 33.0 Å². The van der Waals surface area contributed by atoms with E-state index in [0.717, 1.165) is 32.5 Å². The summed E-state index contributed by atoms with van der Waals surface area (Å²) in [6, 6.07) is 0. The molecule has 0 fully saturated rings. The number of hydrogen-bond acceptors (Lipinski definition) is 5. The van der Waals surface area contributed by atoms with Crippen molar-refractivity contribution < 1.29 is 19.0 Å². The predicted molar refractivity (Wildman–Crippen MR) is 78.9 cm³/mol. The minimum Gasteiger partial charge on any atom is -0.379 e. The molecule has 6 nitrogen and oxygen atoms in total. The van der Waals surface area contributed by atoms with E-state index in [0.29, 0.717) is 39.6 Å². The van der Waals surface area contributed by atoms with Gasteiger partial charge < -0.3 is 24.8 Å². The zero-order valence-electron chi connectivity index (χ0n) is 12.9. The summed E-state index contributed by atoms with van der Waals surface area (Å²) in [4.78, 5) is 10.6. The second-order valence-electron chi connectivity index (χ2n) is 4.42. The smallest absolute Gasteiger partial charge is 0.216 e. The highest BCUT2D eigenvalue weighted by molar-refractivity contribution is 5.72. The predicted octanol–water partition coefficient (Wildman–Crippen LogP) is 0.562. The highest BCUT2D eigenvalue weighted by Gasteiger charge is 1.93. The summed E-state index contributed by atoms with van der Waals surface area (Å²) in [5.74, 6) is -0.00104. The fraction of sp³-hybridized carbons (Fsp3) is 0.929. The SMILES string of the molecule is CCCCOCCOCCOCCNCCNC(C)=O. The van der Waals surface area contributed by atoms with Crippen LogP contribution in [0.3, 0.4) is 0 Å². The van der Waals surface area contributed by atoms with Crippen LogP contribution < -0.4 is 10.6 Å². The highest BCUT2D eigenvalue weighted by Crippen LogP contribution is 1.87. The van der Waals surface area contributed by atoms with Crippen molar-refractivity contribution in [3.63, 3.8) is 0 Å². The third-order valence-electron chi connectivity index (χ3n) is 2.49. The Morgan fingerprint density at radius 1 is 0.850 bits per heavy atom. The van der Waals surface area contributed by atoms with Gasteiger partial charge in [0.1, 0.15) is 0 Å². The van der Waals surface area contributed by atoms with Gasteiger partial charge in [0, 0.05) is 33.2 Å². The summed E-state index contributed by atoms with van der Waals surface area (Å²) in [5.41, 5.74) is 0. The Balaban J connectivity index is 2.94. The van der Waals surface area contributed by atoms with Gasteiger partial charge in [-0.15, -0.1) is 0 Å². The molecule has 0 aliphatic carbocycles. The van der Waals surface area contributed by atoms with Crippen LogP contribution in [-0.4, -0.2) is 65.2 Å². The van der Waals surface area contributed by atoms with Crippen LogP contribution in [0.2, 0.25) is 0 Å². The molecular formula is C14H30N2O4. The molecule has 0 atom stereocenters. The van der Waals surface area contributed by atoms with E-state index in [1.165, 1.54) is 6.92 Å². The summed E-state index contributed by atoms with van der Waals surface area (Å²) in [6.07, 6.45) is 2.27. The maximum atomic E-state index is 10.6. The summed E-state index contributed by atoms with van der Waals surface area (Å²) >= 11 is 0. The molecule has 0 rings (SSSR count). The van der Waals surface area contributed by atoms with Crippen LogP contribution >= 0.6 is 0 Å². The van der Waals surface area contributed by atoms with Crippen molar-refractivity contribution in [2.75, 3.05) is 59.3 Å². The molecule has 0 saturated carbocycles. The number of nitrogens with one attached hydrogen (secondary N) is 2. The largest absolute Gasteiger partial charge is 0.379 e. The molecule has 0 heterocycles. The Bertz CT molecular complexity index is 215. The second-order valence-corrected chi connectivity index (χ2v) is 4.42. The van der Waals surface area contributed by atoms with Gasteiger partial charge in [-0.2, -0.15) is 0 Å². The second kappa shape index (κ2) is 16.4. The van der Waals surface area contributed by atoms with E-state index >= 15 is 0 Å². The topological polar surface area (TPSA) is 68.8 Å². The van der Waals surface area contributed by atoms with Crippen molar-refractivity contribution in [1.29, 1.82) is 0 Å². The minimum atomic E-state index is -0.00104. The van der Waals surface area contributed by atoms with Crippen LogP contribution in [0.25, 0.3) is 0 Å². The van der Waals surface area contributed by atoms with Gasteiger partial charge in [-0.05, 0) is 6.42 Å². The first-order valence-electron chi connectivity index (χ1n) is 7.45. The number of amides is 1. The van der Waals surface area contributed by atoms with Gasteiger partial charge in [0.2, 0.25) is 5.91 Å². The van der Waals surface area contributed by atoms with Gasteiger partial charge in [-0.3, -0.25) is 4.79 Å². The molecule has 120 valence electrons. The Labute approximate surface area is 122 Å². The Kier molecular flexibility index (Phi) is 15.8. The molecule has 0 aromatic heterocycles. The molecule has 0 unspecified atom stereocenters. The average Bonchev–Trinajstić information content (AvgIpc) is 2.43. The molecule has 0 saturated heterocycles. The van der Waals surface area contributed by atoms with E-state index in [2.05, 4.69) is 17.6 Å². The number of ether oxygens (including phenoxy) is 3. The summed E-state index contributed by atoms with van der Waals surface area (Å²) < 4.78 is 16.1. The van der Waals surface area contributed by atoms with E-state index in [-0.39, 0.29) is 5.91 Å². The summed E-state index contributed by atoms with van der Waals surface area (Å²) in [6.45, 7) is 9.80. The lowest BCUT2D eigenvalue weighted by atomic mass is 10.4. The normalized spacial score (nSPS) is 10.7. The quantitative estimate of drug-likeness (QED) is 0.431. The lowest BCUT2D eigenvalue weighted by Gasteiger charge is -2.07. The molecule has 6 heteroatoms. The number of hydrogen-bond donors (Lipinski definition) is 2. The summed E-state index contributed by atoms with van der Waals surface area (Å²) in [5, 5.41) is 5.89. The Hall–Kier alpha value is -0.690. The van der Waals surface area contributed by atoms with E-state index in [1.807, 2.05) is 0 Å². The van der Waals surface area contributed by atoms with Crippen molar-refractivity contribution in [1.82, 2.24) is 10.6 Å². The maximum Gasteiger partial charge on any atom is 0.216 e. The molecule has 0 aromatic carbocycles. The molecule has 2 N–H and O–H groups in total. The van der Waals surface area contributed by atoms with E-state index in [9.17, 15) is 4.79 Å². The van der Waals surface area contributed by atoms with Crippen LogP contribution in [0.4, 0.5) is 0 Å². The molecule has 0 aliphatic rings. The number of carbonyl (C=O) groups excluding carboxylic acids is 1. The van der Waals surface area contributed by atoms with Crippen LogP contribution in [-0.2, 0) is 19.0 Å². The molecule has 1 amide bonds. The molecule has 0 aliphatic heterocycles. The van der Waals surface area contributed by atoms with Crippen LogP contribution in [0, 0.1) is 0 Å². The maximum absolute atomic E-state index is 10.6. The standard InChI is InChI=1S/C14H30N2O4/c1-3-4-8-18-10-12-20-13-11-19-9-7-15-5-6-16-14(2)17/h15H,3-13H2,1-2H3,(H,16,17). The van der Waals surface area contributed by atoms with Crippen molar-refractivity contribution in [2.24, 2.45) is 0 Å². The molecular weight excluding hydrogens is 260 g/mol. The average molecular weight is 290 g/mol. The number of unbranched alkanes of at least 4 members (excludes halogenated alkanes) is 1. The van der Waals surface area contributed by atoms with Crippen molar-refractivity contribution in [3.05, 3.63) is 0 Å². The first kappa shape index (κ1) is 19.3. The lowest BCUT2D eigenvalue weighted by molar-refractivity contribution is -0.118. The minimum absolute atomic E-state index is 0.00104. The monoisotopic (exact) mass is 290 g/mol. The van der Waals surface area contributed by atoms with Crippen LogP contribution in [0.1, 0.15) is 26.7 Å². The van der Waals surface area contributed by atoms with Gasteiger partial charge in [0.25, 0.3) is 0 Å². The van der Waals surface area contributed by atoms with Gasteiger partial charge in [-0.1, -0.05) is 13.3 Å². The fourth-order valence-corrected chi connectivity index (χ4v) is 1.38. The third-order valence-corrected chi connectivity index (χ3v) is 2.49. The van der Waals surface area contributed by atoms with Crippen LogP contribution in [0.15, 0.2) is 0 Å². The fourth-order valence-electron chi connectivity index (χ4n) is 1.38. The third kappa shape index (κ3) is 17.3. The van der Waals surface area contributed by atoms with Gasteiger partial charge in [-0.25, -0.2) is 0 Å². The van der Waals surface area contributed by atoms with Crippen LogP contribution in [0.5, 0.6) is 0 Å². The summed E-state index contributed by atoms with van der Waals surface area (Å²) in [7, 11) is 0. The van der Waals surface area contributed by atoms with Crippen molar-refractivity contribution in [2.45, 2.75) is 26.7 Å². The molecule has 0 bridgehead atoms. The Morgan fingerprint density at radius 2 is 1.45 bits per heavy atom. The van der Waals surface area contributed by atoms with Gasteiger partial charge in [0.15, 0.2) is 0 Å². The number of carbonyl (C=O) groups is 1. The molecule has 20 heavy (non-hydrogen) atoms.